The van der Waals surface area contributed by atoms with Gasteiger partial charge in [-0.05, 0) is 91.5 Å². The molecule has 0 atom stereocenters. The number of carbonyl (C=O) groups is 1. The molecule has 0 radical (unpaired) electrons. The lowest BCUT2D eigenvalue weighted by molar-refractivity contribution is -0.131. The number of nitrogens with zero attached hydrogens (tertiary/aromatic N) is 2. The third-order valence-electron chi connectivity index (χ3n) is 8.17. The van der Waals surface area contributed by atoms with Gasteiger partial charge in [0.25, 0.3) is 0 Å². The molecule has 0 aliphatic heterocycles. The van der Waals surface area contributed by atoms with Gasteiger partial charge in [-0.25, -0.2) is 14.8 Å². The highest BCUT2D eigenvalue weighted by molar-refractivity contribution is 5.85. The largest absolute Gasteiger partial charge is 0.489 e. The maximum atomic E-state index is 10.8. The molecule has 4 aliphatic rings. The highest BCUT2D eigenvalue weighted by atomic mass is 16.5. The Labute approximate surface area is 205 Å². The van der Waals surface area contributed by atoms with Crippen molar-refractivity contribution in [2.24, 2.45) is 17.8 Å². The normalized spacial score (nSPS) is 26.8. The second-order valence-corrected chi connectivity index (χ2v) is 10.7. The summed E-state index contributed by atoms with van der Waals surface area (Å²) in [5.74, 6) is 3.16. The molecule has 1 heterocycles. The Morgan fingerprint density at radius 2 is 1.63 bits per heavy atom. The van der Waals surface area contributed by atoms with E-state index >= 15 is 0 Å². The molecular weight excluding hydrogens is 436 g/mol. The lowest BCUT2D eigenvalue weighted by Gasteiger charge is -2.57. The van der Waals surface area contributed by atoms with Gasteiger partial charge in [-0.2, -0.15) is 0 Å². The fourth-order valence-corrected chi connectivity index (χ4v) is 7.13. The van der Waals surface area contributed by atoms with Gasteiger partial charge in [0.2, 0.25) is 0 Å². The van der Waals surface area contributed by atoms with Crippen LogP contribution in [0.25, 0.3) is 17.5 Å². The number of carboxylic acid groups (broad SMARTS) is 1. The van der Waals surface area contributed by atoms with Gasteiger partial charge in [-0.15, -0.1) is 0 Å². The molecule has 1 aromatic heterocycles. The van der Waals surface area contributed by atoms with Gasteiger partial charge in [-0.1, -0.05) is 30.3 Å². The molecule has 0 spiro atoms. The zero-order valence-electron chi connectivity index (χ0n) is 19.8. The minimum absolute atomic E-state index is 0.181. The van der Waals surface area contributed by atoms with Crippen LogP contribution < -0.4 is 4.74 Å². The van der Waals surface area contributed by atoms with Gasteiger partial charge in [-0.3, -0.25) is 0 Å². The van der Waals surface area contributed by atoms with Crippen LogP contribution in [-0.2, 0) is 16.8 Å². The summed E-state index contributed by atoms with van der Waals surface area (Å²) in [6.07, 6.45) is 13.9. The second kappa shape index (κ2) is 8.95. The van der Waals surface area contributed by atoms with Gasteiger partial charge >= 0.3 is 5.97 Å². The minimum Gasteiger partial charge on any atom is -0.489 e. The zero-order valence-corrected chi connectivity index (χ0v) is 19.8. The van der Waals surface area contributed by atoms with Crippen LogP contribution >= 0.6 is 0 Å². The molecule has 4 bridgehead atoms. The summed E-state index contributed by atoms with van der Waals surface area (Å²) in [7, 11) is 0. The molecular formula is C30H30N2O3. The molecule has 178 valence electrons. The van der Waals surface area contributed by atoms with E-state index in [2.05, 4.69) is 46.4 Å². The Bertz CT molecular complexity index is 1220. The Kier molecular flexibility index (Phi) is 5.63. The van der Waals surface area contributed by atoms with Crippen molar-refractivity contribution >= 4 is 12.0 Å². The predicted octanol–water partition coefficient (Wildman–Crippen LogP) is 6.29. The summed E-state index contributed by atoms with van der Waals surface area (Å²) in [5, 5.41) is 8.86. The van der Waals surface area contributed by atoms with E-state index < -0.39 is 5.97 Å². The SMILES string of the molecule is O=C(O)/C=C/c1cnc(-c2ccc(OCc3ccccc3)c(C34CC5CC(CC(C5)C3)C4)c2)nc1. The van der Waals surface area contributed by atoms with Crippen molar-refractivity contribution in [2.75, 3.05) is 0 Å². The van der Waals surface area contributed by atoms with Crippen molar-refractivity contribution in [3.8, 4) is 17.1 Å². The van der Waals surface area contributed by atoms with Gasteiger partial charge in [0.1, 0.15) is 12.4 Å². The van der Waals surface area contributed by atoms with Crippen molar-refractivity contribution in [3.63, 3.8) is 0 Å². The van der Waals surface area contributed by atoms with E-state index in [1.807, 2.05) is 12.1 Å². The first-order valence-electron chi connectivity index (χ1n) is 12.6. The number of rotatable bonds is 7. The van der Waals surface area contributed by atoms with Crippen LogP contribution in [-0.4, -0.2) is 21.0 Å². The number of ether oxygens (including phenoxy) is 1. The maximum absolute atomic E-state index is 10.8. The van der Waals surface area contributed by atoms with Gasteiger partial charge < -0.3 is 9.84 Å². The number of hydrogen-bond donors (Lipinski definition) is 1. The first-order chi connectivity index (χ1) is 17.1. The lowest BCUT2D eigenvalue weighted by Crippen LogP contribution is -2.48. The van der Waals surface area contributed by atoms with Crippen LogP contribution in [0.5, 0.6) is 5.75 Å². The molecule has 4 aliphatic carbocycles. The molecule has 0 amide bonds. The van der Waals surface area contributed by atoms with Crippen LogP contribution in [0.1, 0.15) is 55.2 Å². The smallest absolute Gasteiger partial charge is 0.328 e. The van der Waals surface area contributed by atoms with Crippen molar-refractivity contribution in [2.45, 2.75) is 50.5 Å². The third-order valence-corrected chi connectivity index (χ3v) is 8.17. The zero-order chi connectivity index (χ0) is 23.8. The average Bonchev–Trinajstić information content (AvgIpc) is 2.86. The summed E-state index contributed by atoms with van der Waals surface area (Å²) >= 11 is 0. The first-order valence-corrected chi connectivity index (χ1v) is 12.6. The predicted molar refractivity (Wildman–Crippen MR) is 135 cm³/mol. The van der Waals surface area contributed by atoms with E-state index in [9.17, 15) is 4.79 Å². The molecule has 4 fully saturated rings. The molecule has 35 heavy (non-hydrogen) atoms. The van der Waals surface area contributed by atoms with Crippen molar-refractivity contribution in [3.05, 3.63) is 83.7 Å². The number of hydrogen-bond acceptors (Lipinski definition) is 4. The first kappa shape index (κ1) is 22.0. The van der Waals surface area contributed by atoms with E-state index in [0.29, 0.717) is 18.0 Å². The minimum atomic E-state index is -0.986. The average molecular weight is 467 g/mol. The molecule has 0 unspecified atom stereocenters. The molecule has 7 rings (SSSR count). The van der Waals surface area contributed by atoms with Crippen LogP contribution in [0.3, 0.4) is 0 Å². The van der Waals surface area contributed by atoms with Gasteiger partial charge in [0, 0.05) is 35.2 Å². The molecule has 0 saturated heterocycles. The third kappa shape index (κ3) is 4.47. The summed E-state index contributed by atoms with van der Waals surface area (Å²) < 4.78 is 6.47. The highest BCUT2D eigenvalue weighted by Gasteiger charge is 2.52. The van der Waals surface area contributed by atoms with Crippen molar-refractivity contribution < 1.29 is 14.6 Å². The topological polar surface area (TPSA) is 72.3 Å². The Balaban J connectivity index is 1.35. The van der Waals surface area contributed by atoms with E-state index in [4.69, 9.17) is 9.84 Å². The van der Waals surface area contributed by atoms with Gasteiger partial charge in [0.15, 0.2) is 5.82 Å². The lowest BCUT2D eigenvalue weighted by atomic mass is 9.48. The van der Waals surface area contributed by atoms with Crippen LogP contribution in [0.4, 0.5) is 0 Å². The summed E-state index contributed by atoms with van der Waals surface area (Å²) in [4.78, 5) is 19.9. The maximum Gasteiger partial charge on any atom is 0.328 e. The van der Waals surface area contributed by atoms with Gasteiger partial charge in [0.05, 0.1) is 0 Å². The fraction of sp³-hybridized carbons (Fsp3) is 0.367. The number of aliphatic carboxylic acids is 1. The Hall–Kier alpha value is -3.47. The fourth-order valence-electron chi connectivity index (χ4n) is 7.13. The summed E-state index contributed by atoms with van der Waals surface area (Å²) in [6.45, 7) is 0.556. The Morgan fingerprint density at radius 3 is 2.26 bits per heavy atom. The van der Waals surface area contributed by atoms with Crippen LogP contribution in [0, 0.1) is 17.8 Å². The Morgan fingerprint density at radius 1 is 0.971 bits per heavy atom. The number of aromatic nitrogens is 2. The molecule has 4 saturated carbocycles. The van der Waals surface area contributed by atoms with E-state index in [0.717, 1.165) is 35.1 Å². The number of benzene rings is 2. The summed E-state index contributed by atoms with van der Waals surface area (Å²) in [6, 6.07) is 16.8. The van der Waals surface area contributed by atoms with E-state index in [1.165, 1.54) is 55.7 Å². The second-order valence-electron chi connectivity index (χ2n) is 10.7. The standard InChI is InChI=1S/C30H30N2O3/c33-28(34)9-6-21-17-31-29(32-18-21)25-7-8-27(35-19-20-4-2-1-3-5-20)26(13-25)30-14-22-10-23(15-30)12-24(11-22)16-30/h1-9,13,17-18,22-24H,10-12,14-16,19H2,(H,33,34)/b9-6+. The molecule has 1 N–H and O–H groups in total. The molecule has 2 aromatic carbocycles. The quantitative estimate of drug-likeness (QED) is 0.414. The summed E-state index contributed by atoms with van der Waals surface area (Å²) in [5.41, 5.74) is 4.32. The van der Waals surface area contributed by atoms with Crippen LogP contribution in [0.2, 0.25) is 0 Å². The van der Waals surface area contributed by atoms with Crippen molar-refractivity contribution in [1.29, 1.82) is 0 Å². The van der Waals surface area contributed by atoms with Crippen molar-refractivity contribution in [1.82, 2.24) is 9.97 Å². The highest BCUT2D eigenvalue weighted by Crippen LogP contribution is 2.62. The van der Waals surface area contributed by atoms with E-state index in [1.54, 1.807) is 12.4 Å². The van der Waals surface area contributed by atoms with E-state index in [-0.39, 0.29) is 5.41 Å². The molecule has 5 nitrogen and oxygen atoms in total. The van der Waals surface area contributed by atoms with Crippen LogP contribution in [0.15, 0.2) is 67.0 Å². The molecule has 3 aromatic rings. The number of carboxylic acids is 1. The molecule has 5 heteroatoms. The monoisotopic (exact) mass is 466 g/mol.